The second-order valence-corrected chi connectivity index (χ2v) is 6.47. The van der Waals surface area contributed by atoms with E-state index in [1.54, 1.807) is 16.0 Å². The van der Waals surface area contributed by atoms with Crippen molar-refractivity contribution in [3.63, 3.8) is 0 Å². The standard InChI is InChI=1S/C11H15N7S2/c1-7(2)12-6-8-9(13-10-18(8)4-5-19-10)20-11-14-15-16-17(11)3/h4-5,7,12H,6H2,1-3H3. The molecule has 0 unspecified atom stereocenters. The average Bonchev–Trinajstić information content (AvgIpc) is 3.05. The maximum atomic E-state index is 4.66. The molecule has 0 aliphatic rings. The number of imidazole rings is 1. The molecule has 0 amide bonds. The highest BCUT2D eigenvalue weighted by Gasteiger charge is 2.17. The summed E-state index contributed by atoms with van der Waals surface area (Å²) in [5, 5.41) is 18.7. The fourth-order valence-corrected chi connectivity index (χ4v) is 3.38. The van der Waals surface area contributed by atoms with Crippen LogP contribution in [0.1, 0.15) is 19.5 Å². The van der Waals surface area contributed by atoms with Crippen molar-refractivity contribution in [3.05, 3.63) is 17.3 Å². The van der Waals surface area contributed by atoms with Crippen LogP contribution in [-0.2, 0) is 13.6 Å². The van der Waals surface area contributed by atoms with E-state index in [2.05, 4.69) is 44.1 Å². The predicted molar refractivity (Wildman–Crippen MR) is 78.0 cm³/mol. The van der Waals surface area contributed by atoms with Gasteiger partial charge in [-0.2, -0.15) is 0 Å². The summed E-state index contributed by atoms with van der Waals surface area (Å²) in [6.45, 7) is 5.03. The SMILES string of the molecule is CC(C)NCc1c(Sc2nnnn2C)nc2sccn12. The first kappa shape index (κ1) is 13.5. The van der Waals surface area contributed by atoms with Crippen molar-refractivity contribution in [2.24, 2.45) is 7.05 Å². The number of thiazole rings is 1. The number of aryl methyl sites for hydroxylation is 1. The Morgan fingerprint density at radius 3 is 3.00 bits per heavy atom. The van der Waals surface area contributed by atoms with Gasteiger partial charge in [0.25, 0.3) is 0 Å². The fraction of sp³-hybridized carbons (Fsp3) is 0.455. The van der Waals surface area contributed by atoms with Gasteiger partial charge in [0, 0.05) is 31.2 Å². The van der Waals surface area contributed by atoms with E-state index in [-0.39, 0.29) is 0 Å². The second-order valence-electron chi connectivity index (χ2n) is 4.64. The van der Waals surface area contributed by atoms with Crippen LogP contribution in [0.2, 0.25) is 0 Å². The molecule has 20 heavy (non-hydrogen) atoms. The Labute approximate surface area is 124 Å². The maximum absolute atomic E-state index is 4.66. The summed E-state index contributed by atoms with van der Waals surface area (Å²) in [5.74, 6) is 0. The van der Waals surface area contributed by atoms with Gasteiger partial charge in [-0.25, -0.2) is 9.67 Å². The lowest BCUT2D eigenvalue weighted by atomic mass is 10.3. The number of tetrazole rings is 1. The van der Waals surface area contributed by atoms with E-state index in [4.69, 9.17) is 0 Å². The van der Waals surface area contributed by atoms with Gasteiger partial charge in [-0.15, -0.1) is 16.4 Å². The molecule has 3 aromatic rings. The Hall–Kier alpha value is -1.45. The Morgan fingerprint density at radius 2 is 2.30 bits per heavy atom. The molecule has 0 saturated carbocycles. The minimum atomic E-state index is 0.425. The van der Waals surface area contributed by atoms with E-state index in [1.165, 1.54) is 11.8 Å². The molecule has 0 fully saturated rings. The van der Waals surface area contributed by atoms with Crippen LogP contribution in [0, 0.1) is 0 Å². The zero-order chi connectivity index (χ0) is 14.1. The summed E-state index contributed by atoms with van der Waals surface area (Å²) >= 11 is 3.12. The van der Waals surface area contributed by atoms with Crippen molar-refractivity contribution in [2.75, 3.05) is 0 Å². The Morgan fingerprint density at radius 1 is 1.45 bits per heavy atom. The van der Waals surface area contributed by atoms with Gasteiger partial charge in [0.15, 0.2) is 4.96 Å². The van der Waals surface area contributed by atoms with Crippen LogP contribution >= 0.6 is 23.1 Å². The topological polar surface area (TPSA) is 72.9 Å². The molecule has 0 radical (unpaired) electrons. The number of rotatable bonds is 5. The van der Waals surface area contributed by atoms with Gasteiger partial charge in [-0.05, 0) is 22.2 Å². The number of hydrogen-bond acceptors (Lipinski definition) is 7. The molecule has 3 heterocycles. The summed E-state index contributed by atoms with van der Waals surface area (Å²) in [5.41, 5.74) is 1.14. The van der Waals surface area contributed by atoms with Crippen LogP contribution in [-0.4, -0.2) is 35.6 Å². The van der Waals surface area contributed by atoms with Gasteiger partial charge >= 0.3 is 0 Å². The Bertz CT molecular complexity index is 711. The van der Waals surface area contributed by atoms with E-state index < -0.39 is 0 Å². The van der Waals surface area contributed by atoms with Gasteiger partial charge in [0.2, 0.25) is 5.16 Å². The molecular weight excluding hydrogens is 294 g/mol. The highest BCUT2D eigenvalue weighted by atomic mass is 32.2. The van der Waals surface area contributed by atoms with E-state index in [9.17, 15) is 0 Å². The van der Waals surface area contributed by atoms with Crippen LogP contribution < -0.4 is 5.32 Å². The van der Waals surface area contributed by atoms with Crippen molar-refractivity contribution >= 4 is 28.1 Å². The van der Waals surface area contributed by atoms with Crippen molar-refractivity contribution in [2.45, 2.75) is 36.6 Å². The van der Waals surface area contributed by atoms with Gasteiger partial charge in [-0.3, -0.25) is 4.40 Å². The van der Waals surface area contributed by atoms with E-state index in [0.29, 0.717) is 6.04 Å². The molecule has 0 aromatic carbocycles. The molecule has 0 saturated heterocycles. The monoisotopic (exact) mass is 309 g/mol. The van der Waals surface area contributed by atoms with E-state index >= 15 is 0 Å². The summed E-state index contributed by atoms with van der Waals surface area (Å²) in [4.78, 5) is 5.65. The lowest BCUT2D eigenvalue weighted by Gasteiger charge is -2.08. The molecule has 3 rings (SSSR count). The van der Waals surface area contributed by atoms with Crippen LogP contribution in [0.5, 0.6) is 0 Å². The van der Waals surface area contributed by atoms with Crippen LogP contribution in [0.15, 0.2) is 21.8 Å². The molecule has 0 bridgehead atoms. The number of nitrogens with zero attached hydrogens (tertiary/aromatic N) is 6. The summed E-state index contributed by atoms with van der Waals surface area (Å²) in [6.07, 6.45) is 2.04. The normalized spacial score (nSPS) is 11.8. The van der Waals surface area contributed by atoms with Crippen molar-refractivity contribution < 1.29 is 0 Å². The van der Waals surface area contributed by atoms with Gasteiger partial charge < -0.3 is 5.32 Å². The first-order valence-corrected chi connectivity index (χ1v) is 7.93. The lowest BCUT2D eigenvalue weighted by molar-refractivity contribution is 0.574. The molecule has 1 N–H and O–H groups in total. The van der Waals surface area contributed by atoms with Gasteiger partial charge in [0.1, 0.15) is 5.03 Å². The third-order valence-corrected chi connectivity index (χ3v) is 4.58. The highest BCUT2D eigenvalue weighted by molar-refractivity contribution is 7.99. The molecule has 0 spiro atoms. The Balaban J connectivity index is 1.94. The third-order valence-electron chi connectivity index (χ3n) is 2.77. The number of aromatic nitrogens is 6. The summed E-state index contributed by atoms with van der Waals surface area (Å²) in [6, 6.07) is 0.425. The molecule has 7 nitrogen and oxygen atoms in total. The summed E-state index contributed by atoms with van der Waals surface area (Å²) in [7, 11) is 1.83. The molecule has 0 aliphatic carbocycles. The van der Waals surface area contributed by atoms with Crippen LogP contribution in [0.4, 0.5) is 0 Å². The van der Waals surface area contributed by atoms with Crippen LogP contribution in [0.25, 0.3) is 4.96 Å². The highest BCUT2D eigenvalue weighted by Crippen LogP contribution is 2.30. The molecule has 3 aromatic heterocycles. The third kappa shape index (κ3) is 2.56. The number of hydrogen-bond donors (Lipinski definition) is 1. The van der Waals surface area contributed by atoms with Gasteiger partial charge in [-0.1, -0.05) is 13.8 Å². The predicted octanol–water partition coefficient (Wildman–Crippen LogP) is 1.57. The first-order valence-electron chi connectivity index (χ1n) is 6.23. The number of nitrogens with one attached hydrogen (secondary N) is 1. The summed E-state index contributed by atoms with van der Waals surface area (Å²) < 4.78 is 3.77. The minimum absolute atomic E-state index is 0.425. The lowest BCUT2D eigenvalue weighted by Crippen LogP contribution is -2.22. The first-order chi connectivity index (χ1) is 9.65. The van der Waals surface area contributed by atoms with E-state index in [1.807, 2.05) is 18.6 Å². The van der Waals surface area contributed by atoms with Crippen molar-refractivity contribution in [3.8, 4) is 0 Å². The molecule has 106 valence electrons. The fourth-order valence-electron chi connectivity index (χ4n) is 1.75. The maximum Gasteiger partial charge on any atom is 0.215 e. The zero-order valence-corrected chi connectivity index (χ0v) is 13.1. The minimum Gasteiger partial charge on any atom is -0.309 e. The molecular formula is C11H15N7S2. The van der Waals surface area contributed by atoms with Crippen molar-refractivity contribution in [1.29, 1.82) is 0 Å². The molecule has 0 aliphatic heterocycles. The Kier molecular flexibility index (Phi) is 3.72. The quantitative estimate of drug-likeness (QED) is 0.771. The van der Waals surface area contributed by atoms with Crippen LogP contribution in [0.3, 0.4) is 0 Å². The average molecular weight is 309 g/mol. The largest absolute Gasteiger partial charge is 0.309 e. The second kappa shape index (κ2) is 5.51. The van der Waals surface area contributed by atoms with Crippen molar-refractivity contribution in [1.82, 2.24) is 34.9 Å². The zero-order valence-electron chi connectivity index (χ0n) is 11.4. The smallest absolute Gasteiger partial charge is 0.215 e. The number of fused-ring (bicyclic) bond motifs is 1. The van der Waals surface area contributed by atoms with E-state index in [0.717, 1.165) is 27.4 Å². The molecule has 9 heteroatoms. The molecule has 0 atom stereocenters. The van der Waals surface area contributed by atoms with Gasteiger partial charge in [0.05, 0.1) is 5.69 Å².